The van der Waals surface area contributed by atoms with Gasteiger partial charge in [0, 0.05) is 12.0 Å². The van der Waals surface area contributed by atoms with Crippen molar-refractivity contribution in [2.75, 3.05) is 6.54 Å². The topological polar surface area (TPSA) is 12.0 Å². The van der Waals surface area contributed by atoms with Crippen LogP contribution in [-0.2, 0) is 0 Å². The van der Waals surface area contributed by atoms with E-state index in [4.69, 9.17) is 0 Å². The number of halogens is 1. The zero-order valence-electron chi connectivity index (χ0n) is 12.4. The monoisotopic (exact) mass is 293 g/mol. The van der Waals surface area contributed by atoms with Crippen molar-refractivity contribution in [1.82, 2.24) is 5.32 Å². The molecular formula is C18H28ClN. The highest BCUT2D eigenvalue weighted by Crippen LogP contribution is 2.40. The van der Waals surface area contributed by atoms with Crippen LogP contribution >= 0.6 is 12.4 Å². The Morgan fingerprint density at radius 1 is 1.00 bits per heavy atom. The van der Waals surface area contributed by atoms with E-state index in [0.717, 1.165) is 17.9 Å². The van der Waals surface area contributed by atoms with Gasteiger partial charge in [-0.2, -0.15) is 0 Å². The van der Waals surface area contributed by atoms with Crippen LogP contribution in [0.25, 0.3) is 0 Å². The van der Waals surface area contributed by atoms with Crippen LogP contribution in [0.3, 0.4) is 0 Å². The molecule has 1 unspecified atom stereocenters. The maximum atomic E-state index is 3.74. The Morgan fingerprint density at radius 2 is 1.75 bits per heavy atom. The van der Waals surface area contributed by atoms with Gasteiger partial charge in [-0.15, -0.1) is 12.4 Å². The summed E-state index contributed by atoms with van der Waals surface area (Å²) in [6.45, 7) is 1.23. The van der Waals surface area contributed by atoms with Crippen molar-refractivity contribution in [1.29, 1.82) is 0 Å². The fourth-order valence-electron chi connectivity index (χ4n) is 3.64. The third-order valence-corrected chi connectivity index (χ3v) is 4.94. The number of hydrogen-bond acceptors (Lipinski definition) is 1. The minimum Gasteiger partial charge on any atom is -0.313 e. The van der Waals surface area contributed by atoms with Crippen molar-refractivity contribution in [3.8, 4) is 0 Å². The maximum absolute atomic E-state index is 3.74. The molecule has 1 aromatic rings. The van der Waals surface area contributed by atoms with Crippen LogP contribution < -0.4 is 5.32 Å². The minimum absolute atomic E-state index is 0. The first-order chi connectivity index (χ1) is 9.43. The van der Waals surface area contributed by atoms with Crippen molar-refractivity contribution in [2.45, 2.75) is 63.3 Å². The molecule has 1 N–H and O–H groups in total. The van der Waals surface area contributed by atoms with Crippen molar-refractivity contribution in [2.24, 2.45) is 5.92 Å². The van der Waals surface area contributed by atoms with Crippen LogP contribution in [0.15, 0.2) is 30.3 Å². The number of hydrogen-bond donors (Lipinski definition) is 1. The van der Waals surface area contributed by atoms with Crippen molar-refractivity contribution < 1.29 is 0 Å². The molecule has 1 aromatic carbocycles. The summed E-state index contributed by atoms with van der Waals surface area (Å²) in [6.07, 6.45) is 11.6. The molecule has 2 saturated carbocycles. The summed E-state index contributed by atoms with van der Waals surface area (Å²) < 4.78 is 0. The van der Waals surface area contributed by atoms with E-state index in [9.17, 15) is 0 Å². The number of rotatable bonds is 6. The first-order valence-corrected chi connectivity index (χ1v) is 8.22. The molecule has 2 heteroatoms. The molecule has 2 fully saturated rings. The molecule has 20 heavy (non-hydrogen) atoms. The molecule has 3 rings (SSSR count). The van der Waals surface area contributed by atoms with Gasteiger partial charge in [0.25, 0.3) is 0 Å². The average Bonchev–Trinajstić information content (AvgIpc) is 3.25. The van der Waals surface area contributed by atoms with Crippen LogP contribution in [0.2, 0.25) is 0 Å². The lowest BCUT2D eigenvalue weighted by Crippen LogP contribution is -2.20. The Bertz CT molecular complexity index is 372. The third kappa shape index (κ3) is 4.49. The van der Waals surface area contributed by atoms with E-state index in [1.165, 1.54) is 63.5 Å². The molecule has 1 nitrogen and oxygen atoms in total. The number of nitrogens with one attached hydrogen (secondary N) is 1. The second kappa shape index (κ2) is 8.05. The van der Waals surface area contributed by atoms with Gasteiger partial charge < -0.3 is 5.32 Å². The average molecular weight is 294 g/mol. The molecule has 0 radical (unpaired) electrons. The van der Waals surface area contributed by atoms with Gasteiger partial charge in [0.05, 0.1) is 0 Å². The summed E-state index contributed by atoms with van der Waals surface area (Å²) >= 11 is 0. The normalized spacial score (nSPS) is 26.0. The molecule has 2 aliphatic rings. The second-order valence-electron chi connectivity index (χ2n) is 6.46. The van der Waals surface area contributed by atoms with Crippen molar-refractivity contribution in [3.05, 3.63) is 35.9 Å². The predicted octanol–water partition coefficient (Wildman–Crippen LogP) is 4.91. The molecule has 0 spiro atoms. The summed E-state index contributed by atoms with van der Waals surface area (Å²) in [5.74, 6) is 1.83. The molecule has 0 bridgehead atoms. The Kier molecular flexibility index (Phi) is 6.38. The van der Waals surface area contributed by atoms with Crippen molar-refractivity contribution >= 4 is 12.4 Å². The molecule has 0 aliphatic heterocycles. The summed E-state index contributed by atoms with van der Waals surface area (Å²) in [5, 5.41) is 3.74. The Balaban J connectivity index is 0.00000147. The standard InChI is InChI=1S/C18H27N.ClH/c1-3-8-15(9-4-1)10-7-13-19-18-14-17(18)16-11-5-2-6-12-16;/h2,5-6,11-12,15,17-19H,1,3-4,7-10,13-14H2;1H/t17?,18-;/m0./s1. The SMILES string of the molecule is Cl.c1ccc(C2C[C@@H]2NCCCC2CCCCC2)cc1. The van der Waals surface area contributed by atoms with Gasteiger partial charge in [-0.05, 0) is 37.3 Å². The van der Waals surface area contributed by atoms with E-state index in [1.807, 2.05) is 0 Å². The summed E-state index contributed by atoms with van der Waals surface area (Å²) in [4.78, 5) is 0. The Hall–Kier alpha value is -0.530. The molecule has 0 amide bonds. The van der Waals surface area contributed by atoms with Crippen LogP contribution in [0, 0.1) is 5.92 Å². The van der Waals surface area contributed by atoms with Gasteiger partial charge in [0.15, 0.2) is 0 Å². The Labute approximate surface area is 130 Å². The zero-order valence-corrected chi connectivity index (χ0v) is 13.2. The fourth-order valence-corrected chi connectivity index (χ4v) is 3.64. The molecular weight excluding hydrogens is 266 g/mol. The lowest BCUT2D eigenvalue weighted by atomic mass is 9.86. The Morgan fingerprint density at radius 3 is 2.50 bits per heavy atom. The molecule has 2 aliphatic carbocycles. The zero-order chi connectivity index (χ0) is 12.9. The smallest absolute Gasteiger partial charge is 0.0143 e. The van der Waals surface area contributed by atoms with Gasteiger partial charge in [-0.25, -0.2) is 0 Å². The van der Waals surface area contributed by atoms with Crippen LogP contribution in [0.1, 0.15) is 62.8 Å². The molecule has 0 saturated heterocycles. The van der Waals surface area contributed by atoms with E-state index in [0.29, 0.717) is 0 Å². The quantitative estimate of drug-likeness (QED) is 0.735. The molecule has 0 heterocycles. The third-order valence-electron chi connectivity index (χ3n) is 4.94. The summed E-state index contributed by atoms with van der Waals surface area (Å²) in [5.41, 5.74) is 1.52. The molecule has 0 aromatic heterocycles. The van der Waals surface area contributed by atoms with E-state index in [1.54, 1.807) is 0 Å². The largest absolute Gasteiger partial charge is 0.313 e. The first kappa shape index (κ1) is 15.9. The lowest BCUT2D eigenvalue weighted by Gasteiger charge is -2.21. The number of benzene rings is 1. The maximum Gasteiger partial charge on any atom is 0.0143 e. The van der Waals surface area contributed by atoms with Crippen LogP contribution in [0.5, 0.6) is 0 Å². The lowest BCUT2D eigenvalue weighted by molar-refractivity contribution is 0.330. The van der Waals surface area contributed by atoms with E-state index >= 15 is 0 Å². The minimum atomic E-state index is 0. The van der Waals surface area contributed by atoms with E-state index < -0.39 is 0 Å². The van der Waals surface area contributed by atoms with Crippen molar-refractivity contribution in [3.63, 3.8) is 0 Å². The van der Waals surface area contributed by atoms with Crippen LogP contribution in [-0.4, -0.2) is 12.6 Å². The highest BCUT2D eigenvalue weighted by atomic mass is 35.5. The van der Waals surface area contributed by atoms with Gasteiger partial charge >= 0.3 is 0 Å². The summed E-state index contributed by atoms with van der Waals surface area (Å²) in [6, 6.07) is 11.7. The van der Waals surface area contributed by atoms with Gasteiger partial charge in [0.2, 0.25) is 0 Å². The highest BCUT2D eigenvalue weighted by Gasteiger charge is 2.37. The molecule has 2 atom stereocenters. The van der Waals surface area contributed by atoms with E-state index in [-0.39, 0.29) is 12.4 Å². The van der Waals surface area contributed by atoms with Gasteiger partial charge in [0.1, 0.15) is 0 Å². The highest BCUT2D eigenvalue weighted by molar-refractivity contribution is 5.85. The van der Waals surface area contributed by atoms with E-state index in [2.05, 4.69) is 35.6 Å². The molecule has 112 valence electrons. The predicted molar refractivity (Wildman–Crippen MR) is 88.6 cm³/mol. The van der Waals surface area contributed by atoms with Gasteiger partial charge in [-0.1, -0.05) is 62.4 Å². The first-order valence-electron chi connectivity index (χ1n) is 8.22. The fraction of sp³-hybridized carbons (Fsp3) is 0.667. The van der Waals surface area contributed by atoms with Gasteiger partial charge in [-0.3, -0.25) is 0 Å². The van der Waals surface area contributed by atoms with Crippen LogP contribution in [0.4, 0.5) is 0 Å². The second-order valence-corrected chi connectivity index (χ2v) is 6.46. The summed E-state index contributed by atoms with van der Waals surface area (Å²) in [7, 11) is 0.